The Morgan fingerprint density at radius 3 is 0.500 bits per heavy atom. The van der Waals surface area contributed by atoms with E-state index in [1.165, 1.54) is 0 Å². The summed E-state index contributed by atoms with van der Waals surface area (Å²) in [5.74, 6) is 0. The first-order valence-corrected chi connectivity index (χ1v) is 6.29. The first-order valence-electron chi connectivity index (χ1n) is 6.29. The topological polar surface area (TPSA) is 6.02 Å². The van der Waals surface area contributed by atoms with Crippen molar-refractivity contribution >= 4 is 0 Å². The number of hydrogen-bond donors (Lipinski definition) is 0. The zero-order valence-electron chi connectivity index (χ0n) is 12.9. The molecule has 0 bridgehead atoms. The van der Waals surface area contributed by atoms with Crippen LogP contribution in [-0.4, -0.2) is 46.1 Å². The fourth-order valence-corrected chi connectivity index (χ4v) is 2.34. The van der Waals surface area contributed by atoms with Gasteiger partial charge in [-0.15, -0.1) is 0 Å². The lowest BCUT2D eigenvalue weighted by Gasteiger charge is -1.99. The smallest absolute Gasteiger partial charge is 0.0334 e. The van der Waals surface area contributed by atoms with E-state index in [9.17, 15) is 0 Å². The number of rotatable bonds is 0. The van der Waals surface area contributed by atoms with Gasteiger partial charge in [0.2, 0.25) is 0 Å². The highest BCUT2D eigenvalue weighted by atomic mass is 15.4. The Bertz CT molecular complexity index is 229. The van der Waals surface area contributed by atoms with Gasteiger partial charge in [-0.3, -0.25) is 9.80 Å². The third-order valence-electron chi connectivity index (χ3n) is 6.25. The van der Waals surface area contributed by atoms with E-state index < -0.39 is 0 Å². The molecular formula is C14H30N2. The van der Waals surface area contributed by atoms with E-state index in [1.54, 1.807) is 0 Å². The molecule has 0 spiro atoms. The Morgan fingerprint density at radius 1 is 0.438 bits per heavy atom. The molecule has 2 aliphatic rings. The van der Waals surface area contributed by atoms with Crippen LogP contribution in [0.3, 0.4) is 0 Å². The molecular weight excluding hydrogens is 196 g/mol. The number of hydrogen-bond acceptors (Lipinski definition) is 2. The molecule has 2 heteroatoms. The molecule has 2 fully saturated rings. The van der Waals surface area contributed by atoms with Crippen molar-refractivity contribution in [3.63, 3.8) is 0 Å². The first kappa shape index (κ1) is 14.0. The normalized spacial score (nSPS) is 32.6. The molecule has 0 aromatic carbocycles. The van der Waals surface area contributed by atoms with Crippen molar-refractivity contribution in [3.8, 4) is 0 Å². The summed E-state index contributed by atoms with van der Waals surface area (Å²) >= 11 is 0. The summed E-state index contributed by atoms with van der Waals surface area (Å²) in [6, 6.07) is 0. The number of likely N-dealkylation sites (N-methyl/N-ethyl adjacent to an activating group) is 2. The second-order valence-corrected chi connectivity index (χ2v) is 7.35. The van der Waals surface area contributed by atoms with Crippen LogP contribution in [-0.2, 0) is 0 Å². The van der Waals surface area contributed by atoms with Crippen LogP contribution in [0.15, 0.2) is 0 Å². The van der Waals surface area contributed by atoms with Crippen LogP contribution in [0.5, 0.6) is 0 Å². The summed E-state index contributed by atoms with van der Waals surface area (Å²) in [6.07, 6.45) is 0. The minimum atomic E-state index is 0.438. The molecule has 0 atom stereocenters. The third-order valence-corrected chi connectivity index (χ3v) is 6.25. The van der Waals surface area contributed by atoms with E-state index in [1.807, 2.05) is 0 Å². The maximum Gasteiger partial charge on any atom is 0.0334 e. The Kier molecular flexibility index (Phi) is 2.82. The monoisotopic (exact) mass is 226 g/mol. The molecule has 0 radical (unpaired) electrons. The molecule has 0 unspecified atom stereocenters. The minimum Gasteiger partial charge on any atom is -0.292 e. The molecule has 0 amide bonds. The SMILES string of the molecule is CN1C(C)(C)C1(C)C.CN1C(C)(C)C1(C)C. The molecule has 0 aliphatic carbocycles. The second-order valence-electron chi connectivity index (χ2n) is 7.35. The van der Waals surface area contributed by atoms with E-state index in [4.69, 9.17) is 0 Å². The van der Waals surface area contributed by atoms with Gasteiger partial charge in [-0.05, 0) is 69.5 Å². The fraction of sp³-hybridized carbons (Fsp3) is 1.00. The molecule has 0 aromatic rings. The van der Waals surface area contributed by atoms with Crippen molar-refractivity contribution in [2.45, 2.75) is 77.5 Å². The summed E-state index contributed by atoms with van der Waals surface area (Å²) in [5.41, 5.74) is 1.75. The first-order chi connectivity index (χ1) is 6.81. The van der Waals surface area contributed by atoms with Crippen LogP contribution >= 0.6 is 0 Å². The van der Waals surface area contributed by atoms with Crippen molar-refractivity contribution < 1.29 is 0 Å². The standard InChI is InChI=1S/2C7H15N/c2*1-6(2)7(3,4)8(6)5/h2*1-5H3. The van der Waals surface area contributed by atoms with Gasteiger partial charge in [0, 0.05) is 22.2 Å². The van der Waals surface area contributed by atoms with Crippen molar-refractivity contribution in [2.24, 2.45) is 0 Å². The molecule has 2 aliphatic heterocycles. The number of nitrogens with zero attached hydrogens (tertiary/aromatic N) is 2. The maximum absolute atomic E-state index is 2.38. The van der Waals surface area contributed by atoms with Gasteiger partial charge in [-0.25, -0.2) is 0 Å². The largest absolute Gasteiger partial charge is 0.292 e. The highest BCUT2D eigenvalue weighted by Gasteiger charge is 2.60. The predicted molar refractivity (Wildman–Crippen MR) is 71.8 cm³/mol. The molecule has 2 rings (SSSR count). The summed E-state index contributed by atoms with van der Waals surface area (Å²) < 4.78 is 0. The zero-order chi connectivity index (χ0) is 13.2. The van der Waals surface area contributed by atoms with E-state index in [-0.39, 0.29) is 0 Å². The molecule has 0 N–H and O–H groups in total. The predicted octanol–water partition coefficient (Wildman–Crippen LogP) is 2.98. The summed E-state index contributed by atoms with van der Waals surface area (Å²) in [5, 5.41) is 0. The van der Waals surface area contributed by atoms with Gasteiger partial charge in [-0.1, -0.05) is 0 Å². The van der Waals surface area contributed by atoms with Crippen molar-refractivity contribution in [2.75, 3.05) is 14.1 Å². The highest BCUT2D eigenvalue weighted by molar-refractivity contribution is 5.18. The molecule has 2 nitrogen and oxygen atoms in total. The van der Waals surface area contributed by atoms with Crippen LogP contribution in [0.25, 0.3) is 0 Å². The van der Waals surface area contributed by atoms with Crippen molar-refractivity contribution in [1.82, 2.24) is 9.80 Å². The van der Waals surface area contributed by atoms with Crippen LogP contribution < -0.4 is 0 Å². The van der Waals surface area contributed by atoms with Crippen LogP contribution in [0.2, 0.25) is 0 Å². The van der Waals surface area contributed by atoms with E-state index in [0.29, 0.717) is 22.2 Å². The third kappa shape index (κ3) is 1.62. The lowest BCUT2D eigenvalue weighted by Crippen LogP contribution is -2.10. The Labute approximate surface area is 102 Å². The summed E-state index contributed by atoms with van der Waals surface area (Å²) in [4.78, 5) is 4.75. The molecule has 2 heterocycles. The summed E-state index contributed by atoms with van der Waals surface area (Å²) in [6.45, 7) is 18.2. The van der Waals surface area contributed by atoms with Gasteiger partial charge in [0.1, 0.15) is 0 Å². The Balaban J connectivity index is 0.000000160. The molecule has 96 valence electrons. The fourth-order valence-electron chi connectivity index (χ4n) is 2.34. The van der Waals surface area contributed by atoms with Gasteiger partial charge in [0.15, 0.2) is 0 Å². The lowest BCUT2D eigenvalue weighted by molar-refractivity contribution is 0.500. The van der Waals surface area contributed by atoms with Crippen LogP contribution in [0, 0.1) is 0 Å². The average Bonchev–Trinajstić information content (AvgIpc) is 2.63. The molecule has 16 heavy (non-hydrogen) atoms. The maximum atomic E-state index is 2.38. The van der Waals surface area contributed by atoms with Crippen LogP contribution in [0.1, 0.15) is 55.4 Å². The van der Waals surface area contributed by atoms with Gasteiger partial charge in [0.05, 0.1) is 0 Å². The Morgan fingerprint density at radius 2 is 0.500 bits per heavy atom. The molecule has 2 saturated heterocycles. The molecule has 0 saturated carbocycles. The van der Waals surface area contributed by atoms with Gasteiger partial charge >= 0.3 is 0 Å². The van der Waals surface area contributed by atoms with E-state index >= 15 is 0 Å². The van der Waals surface area contributed by atoms with Gasteiger partial charge in [0.25, 0.3) is 0 Å². The van der Waals surface area contributed by atoms with Crippen LogP contribution in [0.4, 0.5) is 0 Å². The minimum absolute atomic E-state index is 0.438. The lowest BCUT2D eigenvalue weighted by atomic mass is 10.0. The molecule has 0 aromatic heterocycles. The van der Waals surface area contributed by atoms with Crippen molar-refractivity contribution in [3.05, 3.63) is 0 Å². The average molecular weight is 226 g/mol. The summed E-state index contributed by atoms with van der Waals surface area (Å²) in [7, 11) is 4.33. The zero-order valence-corrected chi connectivity index (χ0v) is 12.9. The Hall–Kier alpha value is -0.0800. The second kappa shape index (κ2) is 3.23. The van der Waals surface area contributed by atoms with E-state index in [0.717, 1.165) is 0 Å². The van der Waals surface area contributed by atoms with Gasteiger partial charge in [-0.2, -0.15) is 0 Å². The highest BCUT2D eigenvalue weighted by Crippen LogP contribution is 2.49. The van der Waals surface area contributed by atoms with E-state index in [2.05, 4.69) is 79.3 Å². The quantitative estimate of drug-likeness (QED) is 0.586. The van der Waals surface area contributed by atoms with Crippen molar-refractivity contribution in [1.29, 1.82) is 0 Å². The van der Waals surface area contributed by atoms with Gasteiger partial charge < -0.3 is 0 Å².